The van der Waals surface area contributed by atoms with E-state index in [0.717, 1.165) is 10.4 Å². The fraction of sp³-hybridized carbons (Fsp3) is 0.0370. The molecule has 0 saturated carbocycles. The molecule has 0 fully saturated rings. The van der Waals surface area contributed by atoms with Crippen molar-refractivity contribution in [1.82, 2.24) is 9.78 Å². The van der Waals surface area contributed by atoms with Gasteiger partial charge in [-0.05, 0) is 65.5 Å². The summed E-state index contributed by atoms with van der Waals surface area (Å²) < 4.78 is 20.8. The van der Waals surface area contributed by atoms with Crippen LogP contribution < -0.4 is 15.4 Å². The lowest BCUT2D eigenvalue weighted by Gasteiger charge is -2.11. The molecule has 0 aliphatic carbocycles. The number of nitrogens with zero attached hydrogens (tertiary/aromatic N) is 2. The topological polar surface area (TPSA) is 68.2 Å². The molecule has 0 unspecified atom stereocenters. The monoisotopic (exact) mass is 484 g/mol. The molecule has 5 rings (SSSR count). The van der Waals surface area contributed by atoms with Crippen molar-refractivity contribution in [3.8, 4) is 22.0 Å². The third kappa shape index (κ3) is 5.56. The predicted octanol–water partition coefficient (Wildman–Crippen LogP) is 6.96. The van der Waals surface area contributed by atoms with Gasteiger partial charge in [0.2, 0.25) is 0 Å². The van der Waals surface area contributed by atoms with Gasteiger partial charge in [-0.15, -0.1) is 11.3 Å². The molecular weight excluding hydrogens is 463 g/mol. The van der Waals surface area contributed by atoms with Crippen molar-refractivity contribution in [3.05, 3.63) is 114 Å². The minimum Gasteiger partial charge on any atom is -0.489 e. The number of hydrogen-bond acceptors (Lipinski definition) is 4. The van der Waals surface area contributed by atoms with E-state index in [9.17, 15) is 9.18 Å². The highest BCUT2D eigenvalue weighted by molar-refractivity contribution is 7.13. The first-order chi connectivity index (χ1) is 17.1. The van der Waals surface area contributed by atoms with Crippen molar-refractivity contribution in [2.24, 2.45) is 0 Å². The molecule has 0 saturated heterocycles. The van der Waals surface area contributed by atoms with E-state index in [1.54, 1.807) is 58.5 Å². The molecule has 2 aromatic heterocycles. The molecule has 2 N–H and O–H groups in total. The number of anilines is 2. The molecule has 6 nitrogen and oxygen atoms in total. The number of nitrogens with one attached hydrogen (secondary N) is 2. The summed E-state index contributed by atoms with van der Waals surface area (Å²) in [6, 6.07) is 28.2. The maximum atomic E-state index is 13.4. The second kappa shape index (κ2) is 10.2. The van der Waals surface area contributed by atoms with Gasteiger partial charge in [-0.1, -0.05) is 36.4 Å². The Bertz CT molecular complexity index is 1400. The number of urea groups is 1. The lowest BCUT2D eigenvalue weighted by Crippen LogP contribution is -2.21. The maximum Gasteiger partial charge on any atom is 0.324 e. The van der Waals surface area contributed by atoms with Crippen molar-refractivity contribution in [3.63, 3.8) is 0 Å². The second-order valence-corrected chi connectivity index (χ2v) is 8.61. The zero-order chi connectivity index (χ0) is 24.0. The smallest absolute Gasteiger partial charge is 0.324 e. The van der Waals surface area contributed by atoms with Gasteiger partial charge in [0.15, 0.2) is 0 Å². The molecular formula is C27H21FN4O2S. The van der Waals surface area contributed by atoms with Gasteiger partial charge in [-0.2, -0.15) is 5.10 Å². The van der Waals surface area contributed by atoms with Crippen LogP contribution in [0.1, 0.15) is 5.56 Å². The van der Waals surface area contributed by atoms with Gasteiger partial charge < -0.3 is 10.1 Å². The third-order valence-corrected chi connectivity index (χ3v) is 6.05. The van der Waals surface area contributed by atoms with Crippen LogP contribution in [0.25, 0.3) is 16.3 Å². The van der Waals surface area contributed by atoms with Crippen LogP contribution in [-0.4, -0.2) is 15.8 Å². The van der Waals surface area contributed by atoms with Crippen molar-refractivity contribution in [1.29, 1.82) is 0 Å². The van der Waals surface area contributed by atoms with E-state index in [-0.39, 0.29) is 5.82 Å². The Kier molecular flexibility index (Phi) is 6.54. The fourth-order valence-corrected chi connectivity index (χ4v) is 4.13. The van der Waals surface area contributed by atoms with Crippen molar-refractivity contribution in [2.45, 2.75) is 6.61 Å². The minimum atomic E-state index is -0.427. The molecule has 0 aliphatic rings. The zero-order valence-corrected chi connectivity index (χ0v) is 19.3. The average Bonchev–Trinajstić information content (AvgIpc) is 3.55. The molecule has 2 amide bonds. The summed E-state index contributed by atoms with van der Waals surface area (Å²) in [7, 11) is 0. The predicted molar refractivity (Wildman–Crippen MR) is 137 cm³/mol. The molecule has 174 valence electrons. The number of ether oxygens (including phenoxy) is 1. The molecule has 0 bridgehead atoms. The fourth-order valence-electron chi connectivity index (χ4n) is 3.45. The van der Waals surface area contributed by atoms with E-state index >= 15 is 0 Å². The van der Waals surface area contributed by atoms with Crippen LogP contribution >= 0.6 is 11.3 Å². The van der Waals surface area contributed by atoms with Crippen LogP contribution in [0.15, 0.2) is 102 Å². The number of halogens is 1. The third-order valence-electron chi connectivity index (χ3n) is 5.16. The Morgan fingerprint density at radius 1 is 0.914 bits per heavy atom. The highest BCUT2D eigenvalue weighted by atomic mass is 32.1. The van der Waals surface area contributed by atoms with E-state index in [1.165, 1.54) is 12.1 Å². The number of aromatic nitrogens is 2. The van der Waals surface area contributed by atoms with E-state index in [0.29, 0.717) is 35.2 Å². The van der Waals surface area contributed by atoms with E-state index in [1.807, 2.05) is 47.8 Å². The lowest BCUT2D eigenvalue weighted by molar-refractivity contribution is 0.262. The van der Waals surface area contributed by atoms with Crippen molar-refractivity contribution < 1.29 is 13.9 Å². The maximum absolute atomic E-state index is 13.4. The van der Waals surface area contributed by atoms with Crippen LogP contribution in [0.4, 0.5) is 20.7 Å². The van der Waals surface area contributed by atoms with Crippen LogP contribution in [0.2, 0.25) is 0 Å². The Morgan fingerprint density at radius 3 is 2.40 bits per heavy atom. The normalized spacial score (nSPS) is 10.7. The number of hydrogen-bond donors (Lipinski definition) is 2. The average molecular weight is 485 g/mol. The summed E-state index contributed by atoms with van der Waals surface area (Å²) >= 11 is 1.54. The number of amides is 2. The summed E-state index contributed by atoms with van der Waals surface area (Å²) in [6.07, 6.45) is 0. The summed E-state index contributed by atoms with van der Waals surface area (Å²) in [5, 5.41) is 12.2. The SMILES string of the molecule is O=C(Nc1ccc(OCc2ccccc2)cc1)Nc1cc(-c2cccs2)nn1-c1ccc(F)cc1. The van der Waals surface area contributed by atoms with E-state index in [4.69, 9.17) is 4.74 Å². The molecule has 2 heterocycles. The Hall–Kier alpha value is -4.43. The first kappa shape index (κ1) is 22.4. The summed E-state index contributed by atoms with van der Waals surface area (Å²) in [4.78, 5) is 13.7. The van der Waals surface area contributed by atoms with Gasteiger partial charge in [-0.3, -0.25) is 5.32 Å². The molecule has 5 aromatic rings. The largest absolute Gasteiger partial charge is 0.489 e. The number of rotatable bonds is 7. The van der Waals surface area contributed by atoms with Crippen molar-refractivity contribution >= 4 is 28.9 Å². The van der Waals surface area contributed by atoms with Gasteiger partial charge >= 0.3 is 6.03 Å². The highest BCUT2D eigenvalue weighted by Crippen LogP contribution is 2.28. The Labute approximate surface area is 205 Å². The van der Waals surface area contributed by atoms with Crippen LogP contribution in [0.3, 0.4) is 0 Å². The molecule has 35 heavy (non-hydrogen) atoms. The van der Waals surface area contributed by atoms with Gasteiger partial charge in [-0.25, -0.2) is 13.9 Å². The first-order valence-corrected chi connectivity index (χ1v) is 11.8. The van der Waals surface area contributed by atoms with Crippen LogP contribution in [0, 0.1) is 5.82 Å². The molecule has 8 heteroatoms. The lowest BCUT2D eigenvalue weighted by atomic mass is 10.2. The summed E-state index contributed by atoms with van der Waals surface area (Å²) in [5.41, 5.74) is 3.03. The van der Waals surface area contributed by atoms with Gasteiger partial charge in [0.1, 0.15) is 29.7 Å². The van der Waals surface area contributed by atoms with Gasteiger partial charge in [0.25, 0.3) is 0 Å². The van der Waals surface area contributed by atoms with Gasteiger partial charge in [0, 0.05) is 11.8 Å². The summed E-state index contributed by atoms with van der Waals surface area (Å²) in [5.74, 6) is 0.818. The molecule has 3 aromatic carbocycles. The minimum absolute atomic E-state index is 0.345. The molecule has 0 radical (unpaired) electrons. The molecule has 0 atom stereocenters. The standard InChI is InChI=1S/C27H21FN4O2S/c28-20-8-12-22(13-9-20)32-26(17-24(31-32)25-7-4-16-35-25)30-27(33)29-21-10-14-23(15-11-21)34-18-19-5-2-1-3-6-19/h1-17H,18H2,(H2,29,30,33). The van der Waals surface area contributed by atoms with E-state index < -0.39 is 6.03 Å². The van der Waals surface area contributed by atoms with E-state index in [2.05, 4.69) is 15.7 Å². The first-order valence-electron chi connectivity index (χ1n) is 10.9. The Morgan fingerprint density at radius 2 is 1.69 bits per heavy atom. The van der Waals surface area contributed by atoms with Crippen molar-refractivity contribution in [2.75, 3.05) is 10.6 Å². The quantitative estimate of drug-likeness (QED) is 0.262. The molecule has 0 spiro atoms. The number of thiophene rings is 1. The van der Waals surface area contributed by atoms with Crippen LogP contribution in [-0.2, 0) is 6.61 Å². The Balaban J connectivity index is 1.28. The number of benzene rings is 3. The number of carbonyl (C=O) groups is 1. The number of carbonyl (C=O) groups excluding carboxylic acids is 1. The second-order valence-electron chi connectivity index (χ2n) is 7.66. The highest BCUT2D eigenvalue weighted by Gasteiger charge is 2.15. The van der Waals surface area contributed by atoms with Gasteiger partial charge in [0.05, 0.1) is 10.6 Å². The van der Waals surface area contributed by atoms with Crippen LogP contribution in [0.5, 0.6) is 5.75 Å². The summed E-state index contributed by atoms with van der Waals surface area (Å²) in [6.45, 7) is 0.466. The zero-order valence-electron chi connectivity index (χ0n) is 18.5. The molecule has 0 aliphatic heterocycles.